The molecule has 84 heavy (non-hydrogen) atoms. The summed E-state index contributed by atoms with van der Waals surface area (Å²) in [4.78, 5) is 89.6. The lowest BCUT2D eigenvalue weighted by atomic mass is 9.72. The van der Waals surface area contributed by atoms with Gasteiger partial charge in [-0.25, -0.2) is 18.1 Å². The molecule has 6 N–H and O–H groups in total. The summed E-state index contributed by atoms with van der Waals surface area (Å²) in [6.45, 7) is 9.88. The van der Waals surface area contributed by atoms with Crippen LogP contribution in [0.2, 0.25) is 5.02 Å². The Hall–Kier alpha value is -8.18. The summed E-state index contributed by atoms with van der Waals surface area (Å²) >= 11 is 6.27. The number of allylic oxidation sites excluding steroid dienone is 1. The minimum atomic E-state index is -4.65. The maximum atomic E-state index is 14.2. The smallest absolute Gasteiger partial charge is 0.293 e. The first-order chi connectivity index (χ1) is 40.4. The van der Waals surface area contributed by atoms with Crippen LogP contribution in [-0.2, 0) is 19.6 Å². The normalized spacial score (nSPS) is 20.2. The van der Waals surface area contributed by atoms with E-state index in [1.807, 2.05) is 18.2 Å². The highest BCUT2D eigenvalue weighted by atomic mass is 35.5. The lowest BCUT2D eigenvalue weighted by Gasteiger charge is -2.39. The van der Waals surface area contributed by atoms with Crippen LogP contribution in [0.15, 0.2) is 114 Å². The molecule has 21 nitrogen and oxygen atoms in total. The van der Waals surface area contributed by atoms with Gasteiger partial charge in [0, 0.05) is 105 Å². The quantitative estimate of drug-likeness (QED) is 0.0191. The van der Waals surface area contributed by atoms with Crippen LogP contribution in [0.4, 0.5) is 22.7 Å². The van der Waals surface area contributed by atoms with Crippen molar-refractivity contribution in [3.8, 4) is 11.5 Å². The molecule has 5 heterocycles. The second-order valence-corrected chi connectivity index (χ2v) is 25.2. The molecular weight excluding hydrogens is 1110 g/mol. The minimum Gasteiger partial charge on any atom is -0.455 e. The molecule has 1 atom stereocenters. The molecule has 0 bridgehead atoms. The number of nitro benzene ring substituents is 1. The highest BCUT2D eigenvalue weighted by Crippen LogP contribution is 2.44. The highest BCUT2D eigenvalue weighted by molar-refractivity contribution is 7.90. The van der Waals surface area contributed by atoms with Gasteiger partial charge in [-0.2, -0.15) is 0 Å². The molecule has 23 heteroatoms. The van der Waals surface area contributed by atoms with E-state index in [-0.39, 0.29) is 58.3 Å². The first kappa shape index (κ1) is 57.6. The zero-order valence-corrected chi connectivity index (χ0v) is 48.2. The highest BCUT2D eigenvalue weighted by Gasteiger charge is 2.46. The number of piperazine rings is 1. The number of imide groups is 2. The zero-order chi connectivity index (χ0) is 58.9. The van der Waals surface area contributed by atoms with Gasteiger partial charge < -0.3 is 30.6 Å². The van der Waals surface area contributed by atoms with Crippen LogP contribution in [0.1, 0.15) is 108 Å². The van der Waals surface area contributed by atoms with E-state index in [0.29, 0.717) is 54.8 Å². The number of carbonyl (C=O) groups is 5. The second kappa shape index (κ2) is 24.2. The zero-order valence-electron chi connectivity index (χ0n) is 46.7. The first-order valence-corrected chi connectivity index (χ1v) is 30.3. The predicted octanol–water partition coefficient (Wildman–Crippen LogP) is 8.90. The van der Waals surface area contributed by atoms with Crippen molar-refractivity contribution in [3.05, 3.63) is 146 Å². The molecule has 0 radical (unpaired) electrons. The Morgan fingerprint density at radius 3 is 2.42 bits per heavy atom. The predicted molar refractivity (Wildman–Crippen MR) is 319 cm³/mol. The van der Waals surface area contributed by atoms with Crippen molar-refractivity contribution in [1.29, 1.82) is 0 Å². The maximum Gasteiger partial charge on any atom is 0.293 e. The van der Waals surface area contributed by atoms with Gasteiger partial charge in [0.05, 0.1) is 32.7 Å². The van der Waals surface area contributed by atoms with Crippen LogP contribution >= 0.6 is 11.6 Å². The molecule has 5 amide bonds. The molecule has 3 fully saturated rings. The van der Waals surface area contributed by atoms with Crippen LogP contribution in [0, 0.1) is 21.4 Å². The SMILES string of the molecule is CC1(C)CCC(CN2CCN(c3ccc(C(=O)NS(=O)(=O)c4ccc(NCC5CCC(NCCNc6cccc7c6C(=O)N(C6CCC(=O)NC6=O)C7=O)CC5)c([N+](=O)[O-])c4)c(Oc4cnc5[nH]ccc5c4)c3)CC2)=C(c2ccc(Cl)cc2)C1. The monoisotopic (exact) mass is 1180 g/mol. The van der Waals surface area contributed by atoms with Crippen molar-refractivity contribution in [2.75, 3.05) is 67.9 Å². The number of pyridine rings is 1. The number of hydrogen-bond acceptors (Lipinski definition) is 16. The van der Waals surface area contributed by atoms with Crippen LogP contribution < -0.4 is 35.6 Å². The van der Waals surface area contributed by atoms with Crippen LogP contribution in [0.5, 0.6) is 11.5 Å². The number of aromatic amines is 1. The van der Waals surface area contributed by atoms with Crippen molar-refractivity contribution in [1.82, 2.24) is 35.1 Å². The number of benzene rings is 4. The number of aromatic nitrogens is 2. The van der Waals surface area contributed by atoms with Gasteiger partial charge in [0.1, 0.15) is 28.9 Å². The molecule has 438 valence electrons. The number of H-pyrrole nitrogens is 1. The van der Waals surface area contributed by atoms with Gasteiger partial charge in [-0.05, 0) is 134 Å². The molecule has 0 spiro atoms. The number of anilines is 3. The van der Waals surface area contributed by atoms with Gasteiger partial charge in [0.15, 0.2) is 0 Å². The molecule has 2 saturated heterocycles. The Kier molecular flexibility index (Phi) is 16.6. The molecular formula is C61H66ClN11O10S. The van der Waals surface area contributed by atoms with Gasteiger partial charge in [0.2, 0.25) is 11.8 Å². The summed E-state index contributed by atoms with van der Waals surface area (Å²) in [6, 6.07) is 24.3. The Balaban J connectivity index is 0.695. The van der Waals surface area contributed by atoms with Gasteiger partial charge in [-0.15, -0.1) is 0 Å². The first-order valence-electron chi connectivity index (χ1n) is 28.5. The minimum absolute atomic E-state index is 0.0320. The number of amides is 5. The molecule has 4 aromatic carbocycles. The number of sulfonamides is 1. The Labute approximate surface area is 491 Å². The van der Waals surface area contributed by atoms with E-state index in [2.05, 4.69) is 71.7 Å². The number of fused-ring (bicyclic) bond motifs is 2. The van der Waals surface area contributed by atoms with Gasteiger partial charge >= 0.3 is 0 Å². The summed E-state index contributed by atoms with van der Waals surface area (Å²) in [5, 5.41) is 26.1. The molecule has 1 saturated carbocycles. The van der Waals surface area contributed by atoms with E-state index in [0.717, 1.165) is 86.6 Å². The number of nitrogens with zero attached hydrogens (tertiary/aromatic N) is 5. The molecule has 11 rings (SSSR count). The third kappa shape index (κ3) is 12.7. The fourth-order valence-electron chi connectivity index (χ4n) is 12.2. The average Bonchev–Trinajstić information content (AvgIpc) is 4.24. The van der Waals surface area contributed by atoms with Gasteiger partial charge in [-0.3, -0.25) is 49.2 Å². The molecule has 2 aliphatic carbocycles. The Morgan fingerprint density at radius 2 is 1.65 bits per heavy atom. The summed E-state index contributed by atoms with van der Waals surface area (Å²) in [7, 11) is -4.65. The number of nitro groups is 1. The van der Waals surface area contributed by atoms with E-state index in [4.69, 9.17) is 16.3 Å². The van der Waals surface area contributed by atoms with E-state index in [1.165, 1.54) is 41.1 Å². The number of rotatable bonds is 19. The number of piperidine rings is 1. The third-order valence-electron chi connectivity index (χ3n) is 16.8. The Morgan fingerprint density at radius 1 is 0.869 bits per heavy atom. The number of carbonyl (C=O) groups excluding carboxylic acids is 5. The molecule has 2 aromatic heterocycles. The van der Waals surface area contributed by atoms with Gasteiger partial charge in [-0.1, -0.05) is 49.2 Å². The molecule has 5 aliphatic rings. The number of ether oxygens (including phenoxy) is 1. The van der Waals surface area contributed by atoms with Crippen LogP contribution in [0.3, 0.4) is 0 Å². The van der Waals surface area contributed by atoms with Crippen molar-refractivity contribution in [3.63, 3.8) is 0 Å². The van der Waals surface area contributed by atoms with E-state index in [1.54, 1.807) is 42.6 Å². The lowest BCUT2D eigenvalue weighted by molar-refractivity contribution is -0.384. The number of nitrogens with one attached hydrogen (secondary N) is 6. The lowest BCUT2D eigenvalue weighted by Crippen LogP contribution is -2.54. The standard InChI is InChI=1S/C61H66ClN11O10S/c1-61(2)22-20-40(48(33-61)38-8-10-41(62)11-9-38)36-70-26-28-71(29-27-70)43-14-16-46(53(31-43)83-44-30-39-21-23-65-56(39)67-35-44)57(75)69-84(81,82)45-15-17-49(52(32-45)73(79)80)66-34-37-6-12-42(13-7-37)63-24-25-64-50-5-3-4-47-55(50)60(78)72(59(47)77)51-18-19-54(74)68-58(51)76/h3-5,8-11,14-17,21,23,30-32,35,37,42,51,63-64,66H,6-7,12-13,18-20,22,24-29,33-34,36H2,1-2H3,(H,65,67)(H,69,75)(H,68,74,76). The average molecular weight is 1180 g/mol. The Bertz CT molecular complexity index is 3720. The van der Waals surface area contributed by atoms with E-state index in [9.17, 15) is 42.5 Å². The fraction of sp³-hybridized carbons (Fsp3) is 0.377. The van der Waals surface area contributed by atoms with Gasteiger partial charge in [0.25, 0.3) is 33.4 Å². The molecule has 1 unspecified atom stereocenters. The third-order valence-corrected chi connectivity index (χ3v) is 18.4. The number of halogens is 1. The van der Waals surface area contributed by atoms with Crippen molar-refractivity contribution in [2.24, 2.45) is 11.3 Å². The fourth-order valence-corrected chi connectivity index (χ4v) is 13.3. The van der Waals surface area contributed by atoms with E-state index < -0.39 is 61.1 Å². The van der Waals surface area contributed by atoms with Crippen molar-refractivity contribution >= 4 is 90.5 Å². The summed E-state index contributed by atoms with van der Waals surface area (Å²) in [6.07, 6.45) is 9.78. The maximum absolute atomic E-state index is 14.2. The molecule has 6 aromatic rings. The van der Waals surface area contributed by atoms with Crippen LogP contribution in [-0.4, -0.2) is 127 Å². The second-order valence-electron chi connectivity index (χ2n) is 23.1. The topological polar surface area (TPSA) is 270 Å². The van der Waals surface area contributed by atoms with Crippen LogP contribution in [0.25, 0.3) is 16.6 Å². The largest absolute Gasteiger partial charge is 0.455 e. The summed E-state index contributed by atoms with van der Waals surface area (Å²) in [5.41, 5.74) is 6.15. The molecule has 3 aliphatic heterocycles. The van der Waals surface area contributed by atoms with E-state index >= 15 is 0 Å². The summed E-state index contributed by atoms with van der Waals surface area (Å²) in [5.74, 6) is -2.66. The number of hydrogen-bond donors (Lipinski definition) is 6. The summed E-state index contributed by atoms with van der Waals surface area (Å²) < 4.78 is 36.4. The van der Waals surface area contributed by atoms with Crippen molar-refractivity contribution in [2.45, 2.75) is 88.6 Å². The van der Waals surface area contributed by atoms with Crippen molar-refractivity contribution < 1.29 is 42.1 Å².